The first kappa shape index (κ1) is 24.2. The first-order valence-electron chi connectivity index (χ1n) is 11.5. The van der Waals surface area contributed by atoms with E-state index in [0.717, 1.165) is 0 Å². The van der Waals surface area contributed by atoms with Gasteiger partial charge in [0.1, 0.15) is 22.2 Å². The molecule has 2 fully saturated rings. The van der Waals surface area contributed by atoms with Crippen LogP contribution in [-0.2, 0) is 12.6 Å². The molecule has 11 heteroatoms. The van der Waals surface area contributed by atoms with Gasteiger partial charge in [-0.15, -0.1) is 0 Å². The zero-order valence-electron chi connectivity index (χ0n) is 19.9. The Morgan fingerprint density at radius 1 is 1.17 bits per heavy atom. The molecule has 1 aromatic carbocycles. The van der Waals surface area contributed by atoms with Crippen molar-refractivity contribution in [1.82, 2.24) is 25.0 Å². The number of fused-ring (bicyclic) bond motifs is 1. The minimum Gasteiger partial charge on any atom is -0.474 e. The van der Waals surface area contributed by atoms with E-state index in [1.807, 2.05) is 4.90 Å². The number of benzene rings is 1. The molecule has 1 saturated carbocycles. The van der Waals surface area contributed by atoms with Gasteiger partial charge in [0.05, 0.1) is 11.2 Å². The summed E-state index contributed by atoms with van der Waals surface area (Å²) in [6, 6.07) is 11.2. The van der Waals surface area contributed by atoms with Crippen LogP contribution in [-0.4, -0.2) is 56.0 Å². The van der Waals surface area contributed by atoms with Crippen molar-refractivity contribution in [3.05, 3.63) is 64.1 Å². The maximum Gasteiger partial charge on any atom is 0.405 e. The first-order chi connectivity index (χ1) is 17.0. The number of carbonyl (C=O) groups excluding carboxylic acids is 1. The van der Waals surface area contributed by atoms with Gasteiger partial charge in [0.25, 0.3) is 5.91 Å². The van der Waals surface area contributed by atoms with Crippen LogP contribution in [0.15, 0.2) is 47.1 Å². The number of halogens is 2. The third-order valence-corrected chi connectivity index (χ3v) is 7.20. The van der Waals surface area contributed by atoms with Gasteiger partial charge in [-0.05, 0) is 65.7 Å². The van der Waals surface area contributed by atoms with Gasteiger partial charge in [0, 0.05) is 49.7 Å². The second-order valence-electron chi connectivity index (χ2n) is 9.74. The number of aromatic nitrogens is 3. The fourth-order valence-corrected chi connectivity index (χ4v) is 5.24. The van der Waals surface area contributed by atoms with Gasteiger partial charge in [0.2, 0.25) is 5.88 Å². The van der Waals surface area contributed by atoms with Gasteiger partial charge in [-0.3, -0.25) is 9.48 Å². The van der Waals surface area contributed by atoms with Crippen molar-refractivity contribution in [2.75, 3.05) is 13.1 Å². The summed E-state index contributed by atoms with van der Waals surface area (Å²) in [5, 5.41) is 16.0. The molecule has 5 rings (SSSR count). The summed E-state index contributed by atoms with van der Waals surface area (Å²) in [4.78, 5) is 30.7. The quantitative estimate of drug-likeness (QED) is 0.473. The summed E-state index contributed by atoms with van der Waals surface area (Å²) in [5.41, 5.74) is 1.50. The Labute approximate surface area is 215 Å². The highest BCUT2D eigenvalue weighted by molar-refractivity contribution is 9.10. The van der Waals surface area contributed by atoms with E-state index >= 15 is 0 Å². The maximum absolute atomic E-state index is 13.5. The lowest BCUT2D eigenvalue weighted by atomic mass is 9.93. The molecule has 3 heterocycles. The number of hydrogen-bond donors (Lipinski definition) is 2. The highest BCUT2D eigenvalue weighted by Crippen LogP contribution is 2.48. The normalized spacial score (nSPS) is 20.7. The average molecular weight is 558 g/mol. The molecule has 2 aromatic heterocycles. The van der Waals surface area contributed by atoms with Crippen LogP contribution >= 0.6 is 15.9 Å². The number of aryl methyl sites for hydroxylation is 1. The lowest BCUT2D eigenvalue weighted by molar-refractivity contribution is 0.0740. The summed E-state index contributed by atoms with van der Waals surface area (Å²) < 4.78 is 21.9. The predicted molar refractivity (Wildman–Crippen MR) is 132 cm³/mol. The minimum atomic E-state index is -1.15. The number of pyridine rings is 1. The molecule has 2 unspecified atom stereocenters. The van der Waals surface area contributed by atoms with Crippen LogP contribution in [0.3, 0.4) is 0 Å². The van der Waals surface area contributed by atoms with E-state index in [1.54, 1.807) is 55.9 Å². The summed E-state index contributed by atoms with van der Waals surface area (Å²) >= 11 is 3.30. The Morgan fingerprint density at radius 2 is 1.83 bits per heavy atom. The largest absolute Gasteiger partial charge is 0.474 e. The average Bonchev–Trinajstić information content (AvgIpc) is 3.11. The molecule has 0 radical (unpaired) electrons. The van der Waals surface area contributed by atoms with Crippen LogP contribution < -0.4 is 10.1 Å². The van der Waals surface area contributed by atoms with E-state index in [9.17, 15) is 19.1 Å². The molecule has 0 bridgehead atoms. The topological polar surface area (TPSA) is 110 Å². The van der Waals surface area contributed by atoms with Crippen molar-refractivity contribution in [2.24, 2.45) is 18.9 Å². The minimum absolute atomic E-state index is 0.0677. The number of nitrogens with one attached hydrogen (secondary N) is 1. The van der Waals surface area contributed by atoms with Crippen LogP contribution in [0.5, 0.6) is 5.88 Å². The van der Waals surface area contributed by atoms with Crippen molar-refractivity contribution in [3.63, 3.8) is 0 Å². The summed E-state index contributed by atoms with van der Waals surface area (Å²) in [5.74, 6) is 0.315. The molecule has 2 atom stereocenters. The maximum atomic E-state index is 13.5. The fraction of sp³-hybridized carbons (Fsp3) is 0.360. The Hall–Kier alpha value is -3.47. The lowest BCUT2D eigenvalue weighted by Gasteiger charge is -2.26. The van der Waals surface area contributed by atoms with Crippen LogP contribution in [0, 0.1) is 17.7 Å². The van der Waals surface area contributed by atoms with Gasteiger partial charge in [-0.2, -0.15) is 5.10 Å². The number of carbonyl (C=O) groups is 2. The monoisotopic (exact) mass is 557 g/mol. The number of carboxylic acid groups (broad SMARTS) is 1. The van der Waals surface area contributed by atoms with E-state index in [2.05, 4.69) is 31.3 Å². The number of amides is 2. The molecular weight excluding hydrogens is 533 g/mol. The van der Waals surface area contributed by atoms with E-state index in [0.29, 0.717) is 46.1 Å². The summed E-state index contributed by atoms with van der Waals surface area (Å²) in [6.45, 7) is 4.66. The predicted octanol–water partition coefficient (Wildman–Crippen LogP) is 4.04. The smallest absolute Gasteiger partial charge is 0.405 e. The van der Waals surface area contributed by atoms with Gasteiger partial charge < -0.3 is 20.1 Å². The van der Waals surface area contributed by atoms with Crippen molar-refractivity contribution in [3.8, 4) is 17.1 Å². The van der Waals surface area contributed by atoms with Gasteiger partial charge in [-0.1, -0.05) is 0 Å². The highest BCUT2D eigenvalue weighted by Gasteiger charge is 2.59. The molecule has 3 aromatic rings. The molecule has 2 amide bonds. The zero-order chi connectivity index (χ0) is 25.8. The second-order valence-corrected chi connectivity index (χ2v) is 10.6. The zero-order valence-corrected chi connectivity index (χ0v) is 21.5. The number of likely N-dealkylation sites (tertiary alicyclic amines) is 1. The number of ether oxygens (including phenoxy) is 1. The van der Waals surface area contributed by atoms with E-state index in [4.69, 9.17) is 4.74 Å². The van der Waals surface area contributed by atoms with Crippen molar-refractivity contribution < 1.29 is 23.8 Å². The van der Waals surface area contributed by atoms with Crippen molar-refractivity contribution in [1.29, 1.82) is 0 Å². The third-order valence-electron chi connectivity index (χ3n) is 6.81. The molecule has 36 heavy (non-hydrogen) atoms. The molecule has 2 aliphatic rings. The van der Waals surface area contributed by atoms with Gasteiger partial charge in [0.15, 0.2) is 0 Å². The Kier molecular flexibility index (Phi) is 5.98. The SMILES string of the molecule is Cn1nc(Br)cc1C(=O)N1CC2C(C1)C2Oc1cc(C(C)(C)NC(=O)O)cc(-c2ccc(F)cc2)n1. The molecule has 1 saturated heterocycles. The Bertz CT molecular complexity index is 1330. The molecular formula is C25H25BrFN5O4. The van der Waals surface area contributed by atoms with Crippen LogP contribution in [0.4, 0.5) is 9.18 Å². The number of rotatable bonds is 6. The van der Waals surface area contributed by atoms with E-state index in [1.165, 1.54) is 12.1 Å². The Morgan fingerprint density at radius 3 is 2.42 bits per heavy atom. The number of piperidine rings is 1. The molecule has 188 valence electrons. The first-order valence-corrected chi connectivity index (χ1v) is 12.3. The van der Waals surface area contributed by atoms with Crippen LogP contribution in [0.1, 0.15) is 29.9 Å². The van der Waals surface area contributed by atoms with E-state index in [-0.39, 0.29) is 29.7 Å². The highest BCUT2D eigenvalue weighted by atomic mass is 79.9. The number of nitrogens with zero attached hydrogens (tertiary/aromatic N) is 4. The Balaban J connectivity index is 1.35. The lowest BCUT2D eigenvalue weighted by Crippen LogP contribution is -2.40. The van der Waals surface area contributed by atoms with Gasteiger partial charge in [-0.25, -0.2) is 14.2 Å². The van der Waals surface area contributed by atoms with Crippen LogP contribution in [0.2, 0.25) is 0 Å². The van der Waals surface area contributed by atoms with Crippen molar-refractivity contribution in [2.45, 2.75) is 25.5 Å². The molecule has 2 N–H and O–H groups in total. The number of hydrogen-bond acceptors (Lipinski definition) is 5. The summed E-state index contributed by atoms with van der Waals surface area (Å²) in [7, 11) is 1.73. The molecule has 1 aliphatic carbocycles. The standard InChI is InChI=1S/C25H25BrFN5O4/c1-25(2,29-24(34)35)14-8-18(13-4-6-15(27)7-5-13)28-21(9-14)36-22-16-11-32(12-17(16)22)23(33)19-10-20(26)30-31(19)3/h4-10,16-17,22,29H,11-12H2,1-3H3,(H,34,35). The van der Waals surface area contributed by atoms with Crippen molar-refractivity contribution >= 4 is 27.9 Å². The summed E-state index contributed by atoms with van der Waals surface area (Å²) in [6.07, 6.45) is -1.24. The third kappa shape index (κ3) is 4.67. The van der Waals surface area contributed by atoms with Crippen LogP contribution in [0.25, 0.3) is 11.3 Å². The van der Waals surface area contributed by atoms with Gasteiger partial charge >= 0.3 is 6.09 Å². The molecule has 0 spiro atoms. The fourth-order valence-electron chi connectivity index (χ4n) is 4.78. The molecule has 1 aliphatic heterocycles. The second kappa shape index (κ2) is 8.88. The molecule has 9 nitrogen and oxygen atoms in total. The van der Waals surface area contributed by atoms with E-state index < -0.39 is 11.6 Å².